The predicted octanol–water partition coefficient (Wildman–Crippen LogP) is 1.19. The van der Waals surface area contributed by atoms with Gasteiger partial charge in [-0.2, -0.15) is 5.10 Å². The van der Waals surface area contributed by atoms with Crippen LogP contribution in [0.15, 0.2) is 4.90 Å². The van der Waals surface area contributed by atoms with Gasteiger partial charge in [0.15, 0.2) is 0 Å². The molecule has 0 saturated heterocycles. The van der Waals surface area contributed by atoms with Crippen LogP contribution in [0.5, 0.6) is 0 Å². The SMILES string of the molecule is CCCNCCn1nc(C)c(S(=O)(=O)NC(C)C)c1C. The third-order valence-electron chi connectivity index (χ3n) is 2.90. The highest BCUT2D eigenvalue weighted by Gasteiger charge is 2.24. The first-order valence-corrected chi connectivity index (χ1v) is 8.55. The predicted molar refractivity (Wildman–Crippen MR) is 80.3 cm³/mol. The topological polar surface area (TPSA) is 76.0 Å². The number of nitrogens with zero attached hydrogens (tertiary/aromatic N) is 2. The second-order valence-corrected chi connectivity index (χ2v) is 6.90. The van der Waals surface area contributed by atoms with Crippen LogP contribution in [0.2, 0.25) is 0 Å². The maximum atomic E-state index is 12.3. The molecule has 0 radical (unpaired) electrons. The summed E-state index contributed by atoms with van der Waals surface area (Å²) in [5.74, 6) is 0. The third-order valence-corrected chi connectivity index (χ3v) is 4.81. The van der Waals surface area contributed by atoms with Gasteiger partial charge in [-0.1, -0.05) is 6.92 Å². The Hall–Kier alpha value is -0.920. The van der Waals surface area contributed by atoms with Crippen LogP contribution in [0.1, 0.15) is 38.6 Å². The van der Waals surface area contributed by atoms with Crippen LogP contribution >= 0.6 is 0 Å². The molecule has 20 heavy (non-hydrogen) atoms. The molecule has 0 aliphatic heterocycles. The minimum Gasteiger partial charge on any atom is -0.315 e. The van der Waals surface area contributed by atoms with Gasteiger partial charge in [-0.3, -0.25) is 4.68 Å². The zero-order valence-electron chi connectivity index (χ0n) is 13.0. The molecule has 7 heteroatoms. The summed E-state index contributed by atoms with van der Waals surface area (Å²) in [7, 11) is -3.49. The molecule has 1 heterocycles. The van der Waals surface area contributed by atoms with Crippen molar-refractivity contribution in [2.45, 2.75) is 58.5 Å². The zero-order valence-corrected chi connectivity index (χ0v) is 13.8. The van der Waals surface area contributed by atoms with E-state index in [0.29, 0.717) is 22.8 Å². The molecule has 0 unspecified atom stereocenters. The van der Waals surface area contributed by atoms with E-state index < -0.39 is 10.0 Å². The second kappa shape index (κ2) is 7.19. The van der Waals surface area contributed by atoms with E-state index in [1.54, 1.807) is 32.4 Å². The molecule has 1 rings (SSSR count). The lowest BCUT2D eigenvalue weighted by Gasteiger charge is -2.10. The monoisotopic (exact) mass is 302 g/mol. The van der Waals surface area contributed by atoms with Gasteiger partial charge in [-0.25, -0.2) is 13.1 Å². The average Bonchev–Trinajstić information content (AvgIpc) is 2.58. The first kappa shape index (κ1) is 17.1. The maximum Gasteiger partial charge on any atom is 0.244 e. The van der Waals surface area contributed by atoms with Crippen LogP contribution in [0, 0.1) is 13.8 Å². The number of nitrogens with one attached hydrogen (secondary N) is 2. The summed E-state index contributed by atoms with van der Waals surface area (Å²) < 4.78 is 29.0. The molecule has 0 aliphatic carbocycles. The molecule has 0 aromatic carbocycles. The van der Waals surface area contributed by atoms with E-state index in [4.69, 9.17) is 0 Å². The van der Waals surface area contributed by atoms with Crippen LogP contribution in [0.25, 0.3) is 0 Å². The van der Waals surface area contributed by atoms with Crippen molar-refractivity contribution in [2.75, 3.05) is 13.1 Å². The molecule has 0 aliphatic rings. The van der Waals surface area contributed by atoms with Gasteiger partial charge in [0, 0.05) is 12.6 Å². The molecule has 0 amide bonds. The Morgan fingerprint density at radius 1 is 1.25 bits per heavy atom. The van der Waals surface area contributed by atoms with Crippen LogP contribution in [-0.2, 0) is 16.6 Å². The fourth-order valence-electron chi connectivity index (χ4n) is 2.14. The van der Waals surface area contributed by atoms with E-state index in [0.717, 1.165) is 19.5 Å². The summed E-state index contributed by atoms with van der Waals surface area (Å²) in [6.45, 7) is 11.7. The van der Waals surface area contributed by atoms with Gasteiger partial charge in [0.05, 0.1) is 17.9 Å². The Kier molecular flexibility index (Phi) is 6.16. The van der Waals surface area contributed by atoms with Gasteiger partial charge in [0.25, 0.3) is 0 Å². The minimum absolute atomic E-state index is 0.131. The van der Waals surface area contributed by atoms with E-state index in [9.17, 15) is 8.42 Å². The van der Waals surface area contributed by atoms with Crippen LogP contribution in [0.3, 0.4) is 0 Å². The van der Waals surface area contributed by atoms with Gasteiger partial charge < -0.3 is 5.32 Å². The lowest BCUT2D eigenvalue weighted by Crippen LogP contribution is -2.31. The molecule has 6 nitrogen and oxygen atoms in total. The Morgan fingerprint density at radius 3 is 2.45 bits per heavy atom. The van der Waals surface area contributed by atoms with Crippen LogP contribution < -0.4 is 10.0 Å². The molecule has 0 spiro atoms. The first-order valence-electron chi connectivity index (χ1n) is 7.06. The third kappa shape index (κ3) is 4.29. The fraction of sp³-hybridized carbons (Fsp3) is 0.769. The second-order valence-electron chi connectivity index (χ2n) is 5.25. The minimum atomic E-state index is -3.49. The highest BCUT2D eigenvalue weighted by Crippen LogP contribution is 2.19. The van der Waals surface area contributed by atoms with Crippen molar-refractivity contribution in [1.29, 1.82) is 0 Å². The van der Waals surface area contributed by atoms with Crippen molar-refractivity contribution in [2.24, 2.45) is 0 Å². The van der Waals surface area contributed by atoms with E-state index in [1.807, 2.05) is 0 Å². The van der Waals surface area contributed by atoms with E-state index in [1.165, 1.54) is 0 Å². The van der Waals surface area contributed by atoms with E-state index >= 15 is 0 Å². The average molecular weight is 302 g/mol. The lowest BCUT2D eigenvalue weighted by atomic mass is 10.4. The lowest BCUT2D eigenvalue weighted by molar-refractivity contribution is 0.539. The number of rotatable bonds is 8. The molecule has 0 bridgehead atoms. The molecule has 0 saturated carbocycles. The number of aromatic nitrogens is 2. The van der Waals surface area contributed by atoms with Crippen LogP contribution in [0.4, 0.5) is 0 Å². The fourth-order valence-corrected chi connectivity index (χ4v) is 3.81. The summed E-state index contributed by atoms with van der Waals surface area (Å²) in [5.41, 5.74) is 1.24. The first-order chi connectivity index (χ1) is 9.29. The molecule has 0 atom stereocenters. The Balaban J connectivity index is 2.92. The van der Waals surface area contributed by atoms with Crippen LogP contribution in [-0.4, -0.2) is 37.3 Å². The van der Waals surface area contributed by atoms with Crippen molar-refractivity contribution in [3.05, 3.63) is 11.4 Å². The number of hydrogen-bond donors (Lipinski definition) is 2. The van der Waals surface area contributed by atoms with E-state index in [-0.39, 0.29) is 6.04 Å². The Labute approximate surface area is 122 Å². The van der Waals surface area contributed by atoms with Gasteiger partial charge in [-0.15, -0.1) is 0 Å². The van der Waals surface area contributed by atoms with E-state index in [2.05, 4.69) is 22.1 Å². The van der Waals surface area contributed by atoms with Gasteiger partial charge >= 0.3 is 0 Å². The van der Waals surface area contributed by atoms with Gasteiger partial charge in [0.2, 0.25) is 10.0 Å². The Bertz CT molecular complexity index is 535. The largest absolute Gasteiger partial charge is 0.315 e. The van der Waals surface area contributed by atoms with Crippen molar-refractivity contribution in [1.82, 2.24) is 19.8 Å². The molecule has 1 aromatic heterocycles. The highest BCUT2D eigenvalue weighted by molar-refractivity contribution is 7.89. The standard InChI is InChI=1S/C13H26N4O2S/c1-6-7-14-8-9-17-12(5)13(11(4)15-17)20(18,19)16-10(2)3/h10,14,16H,6-9H2,1-5H3. The number of sulfonamides is 1. The van der Waals surface area contributed by atoms with Crippen molar-refractivity contribution in [3.63, 3.8) is 0 Å². The molecule has 1 aromatic rings. The van der Waals surface area contributed by atoms with Crippen molar-refractivity contribution in [3.8, 4) is 0 Å². The summed E-state index contributed by atoms with van der Waals surface area (Å²) >= 11 is 0. The molecular formula is C13H26N4O2S. The summed E-state index contributed by atoms with van der Waals surface area (Å²) in [6, 6.07) is -0.131. The van der Waals surface area contributed by atoms with Crippen molar-refractivity contribution >= 4 is 10.0 Å². The maximum absolute atomic E-state index is 12.3. The smallest absolute Gasteiger partial charge is 0.244 e. The van der Waals surface area contributed by atoms with Gasteiger partial charge in [0.1, 0.15) is 4.90 Å². The Morgan fingerprint density at radius 2 is 1.90 bits per heavy atom. The van der Waals surface area contributed by atoms with Gasteiger partial charge in [-0.05, 0) is 40.7 Å². The summed E-state index contributed by atoms with van der Waals surface area (Å²) in [6.07, 6.45) is 1.08. The number of hydrogen-bond acceptors (Lipinski definition) is 4. The molecule has 2 N–H and O–H groups in total. The molecule has 116 valence electrons. The number of aryl methyl sites for hydroxylation is 1. The van der Waals surface area contributed by atoms with Crippen molar-refractivity contribution < 1.29 is 8.42 Å². The zero-order chi connectivity index (χ0) is 15.3. The quantitative estimate of drug-likeness (QED) is 0.707. The molecular weight excluding hydrogens is 276 g/mol. The normalized spacial score (nSPS) is 12.3. The highest BCUT2D eigenvalue weighted by atomic mass is 32.2. The molecule has 0 fully saturated rings. The summed E-state index contributed by atoms with van der Waals surface area (Å²) in [5, 5.41) is 7.62. The summed E-state index contributed by atoms with van der Waals surface area (Å²) in [4.78, 5) is 0.307.